The molecule has 0 unspecified atom stereocenters. The standard InChI is InChI=1S/C19H18F7N3O/c1-3-11-7-13(17(20,18(21,22)23)19(24,25)26)6-10(2)15(11)29-16(30)12-4-5-14(8-27)28-9-12/h4-7,9H,3,8,27H2,1-2H3,(H,29,30). The third-order valence-electron chi connectivity index (χ3n) is 4.51. The second-order valence-electron chi connectivity index (χ2n) is 6.53. The zero-order valence-corrected chi connectivity index (χ0v) is 15.9. The number of nitrogens with two attached hydrogens (primary N) is 1. The summed E-state index contributed by atoms with van der Waals surface area (Å²) in [5.41, 5.74) is -1.34. The van der Waals surface area contributed by atoms with Gasteiger partial charge in [-0.15, -0.1) is 0 Å². The lowest BCUT2D eigenvalue weighted by molar-refractivity contribution is -0.348. The van der Waals surface area contributed by atoms with Crippen molar-refractivity contribution in [2.45, 2.75) is 44.8 Å². The summed E-state index contributed by atoms with van der Waals surface area (Å²) >= 11 is 0. The molecule has 0 saturated heterocycles. The molecule has 30 heavy (non-hydrogen) atoms. The van der Waals surface area contributed by atoms with Crippen molar-refractivity contribution in [2.24, 2.45) is 5.73 Å². The first-order valence-electron chi connectivity index (χ1n) is 8.69. The normalized spacial score (nSPS) is 12.7. The van der Waals surface area contributed by atoms with Crippen molar-refractivity contribution in [1.29, 1.82) is 0 Å². The van der Waals surface area contributed by atoms with Crippen LogP contribution in [0.4, 0.5) is 36.4 Å². The van der Waals surface area contributed by atoms with E-state index in [1.54, 1.807) is 0 Å². The molecule has 0 atom stereocenters. The molecule has 0 radical (unpaired) electrons. The molecule has 0 saturated carbocycles. The Morgan fingerprint density at radius 3 is 2.10 bits per heavy atom. The number of nitrogens with zero attached hydrogens (tertiary/aromatic N) is 1. The summed E-state index contributed by atoms with van der Waals surface area (Å²) in [6, 6.07) is 3.82. The molecule has 4 nitrogen and oxygen atoms in total. The number of carbonyl (C=O) groups is 1. The highest BCUT2D eigenvalue weighted by molar-refractivity contribution is 6.04. The number of aryl methyl sites for hydroxylation is 2. The minimum Gasteiger partial charge on any atom is -0.325 e. The molecule has 3 N–H and O–H groups in total. The molecule has 1 amide bonds. The van der Waals surface area contributed by atoms with Crippen LogP contribution in [0.2, 0.25) is 0 Å². The molecule has 0 spiro atoms. The van der Waals surface area contributed by atoms with Crippen molar-refractivity contribution in [3.05, 3.63) is 58.4 Å². The first kappa shape index (κ1) is 23.6. The van der Waals surface area contributed by atoms with E-state index in [1.807, 2.05) is 0 Å². The van der Waals surface area contributed by atoms with Gasteiger partial charge in [0, 0.05) is 24.0 Å². The largest absolute Gasteiger partial charge is 0.435 e. The minimum atomic E-state index is -6.22. The SMILES string of the molecule is CCc1cc(C(F)(C(F)(F)F)C(F)(F)F)cc(C)c1NC(=O)c1ccc(CN)nc1. The van der Waals surface area contributed by atoms with E-state index >= 15 is 0 Å². The maximum absolute atomic E-state index is 14.4. The number of hydrogen-bond donors (Lipinski definition) is 2. The van der Waals surface area contributed by atoms with Gasteiger partial charge in [-0.3, -0.25) is 9.78 Å². The smallest absolute Gasteiger partial charge is 0.325 e. The van der Waals surface area contributed by atoms with E-state index < -0.39 is 29.5 Å². The summed E-state index contributed by atoms with van der Waals surface area (Å²) in [4.78, 5) is 16.4. The molecule has 11 heteroatoms. The Hall–Kier alpha value is -2.69. The number of hydrogen-bond acceptors (Lipinski definition) is 3. The Morgan fingerprint density at radius 2 is 1.67 bits per heavy atom. The molecule has 2 aromatic rings. The first-order valence-corrected chi connectivity index (χ1v) is 8.69. The predicted molar refractivity (Wildman–Crippen MR) is 95.5 cm³/mol. The Kier molecular flexibility index (Phi) is 6.45. The summed E-state index contributed by atoms with van der Waals surface area (Å²) in [6.45, 7) is 2.78. The van der Waals surface area contributed by atoms with Crippen LogP contribution in [0.5, 0.6) is 0 Å². The molecule has 1 aromatic carbocycles. The third-order valence-corrected chi connectivity index (χ3v) is 4.51. The summed E-state index contributed by atoms with van der Waals surface area (Å²) in [5, 5.41) is 2.44. The highest BCUT2D eigenvalue weighted by Gasteiger charge is 2.73. The van der Waals surface area contributed by atoms with E-state index in [1.165, 1.54) is 32.2 Å². The molecule has 1 aromatic heterocycles. The van der Waals surface area contributed by atoms with Crippen LogP contribution in [0, 0.1) is 6.92 Å². The Balaban J connectivity index is 2.50. The predicted octanol–water partition coefficient (Wildman–Crippen LogP) is 4.95. The zero-order chi connectivity index (χ0) is 22.9. The van der Waals surface area contributed by atoms with E-state index in [4.69, 9.17) is 5.73 Å². The number of carbonyl (C=O) groups excluding carboxylic acids is 1. The Bertz CT molecular complexity index is 907. The molecule has 1 heterocycles. The molecule has 0 fully saturated rings. The molecule has 0 aliphatic heterocycles. The average molecular weight is 437 g/mol. The molecule has 0 bridgehead atoms. The van der Waals surface area contributed by atoms with Crippen LogP contribution in [0.25, 0.3) is 0 Å². The van der Waals surface area contributed by atoms with E-state index in [-0.39, 0.29) is 35.3 Å². The summed E-state index contributed by atoms with van der Waals surface area (Å²) in [6.07, 6.45) is -11.3. The van der Waals surface area contributed by atoms with Crippen molar-refractivity contribution in [3.63, 3.8) is 0 Å². The highest BCUT2D eigenvalue weighted by Crippen LogP contribution is 2.53. The van der Waals surface area contributed by atoms with E-state index in [9.17, 15) is 35.5 Å². The number of anilines is 1. The third kappa shape index (κ3) is 4.25. The van der Waals surface area contributed by atoms with Crippen LogP contribution in [-0.4, -0.2) is 23.2 Å². The number of benzene rings is 1. The number of halogens is 7. The van der Waals surface area contributed by atoms with Crippen LogP contribution in [0.1, 0.15) is 39.7 Å². The average Bonchev–Trinajstić information content (AvgIpc) is 2.66. The van der Waals surface area contributed by atoms with Crippen LogP contribution in [0.15, 0.2) is 30.5 Å². The van der Waals surface area contributed by atoms with Gasteiger partial charge in [0.1, 0.15) is 0 Å². The Labute approximate surface area is 167 Å². The van der Waals surface area contributed by atoms with Crippen molar-refractivity contribution in [2.75, 3.05) is 5.32 Å². The summed E-state index contributed by atoms with van der Waals surface area (Å²) in [7, 11) is 0. The topological polar surface area (TPSA) is 68.0 Å². The lowest BCUT2D eigenvalue weighted by Gasteiger charge is -2.31. The number of amides is 1. The van der Waals surface area contributed by atoms with Gasteiger partial charge in [-0.2, -0.15) is 26.3 Å². The van der Waals surface area contributed by atoms with Crippen molar-refractivity contribution < 1.29 is 35.5 Å². The number of aromatic nitrogens is 1. The van der Waals surface area contributed by atoms with Gasteiger partial charge in [-0.05, 0) is 42.7 Å². The summed E-state index contributed by atoms with van der Waals surface area (Å²) in [5.74, 6) is -0.685. The van der Waals surface area contributed by atoms with Gasteiger partial charge in [0.2, 0.25) is 0 Å². The number of alkyl halides is 7. The highest BCUT2D eigenvalue weighted by atomic mass is 19.4. The van der Waals surface area contributed by atoms with Gasteiger partial charge in [0.15, 0.2) is 0 Å². The summed E-state index contributed by atoms with van der Waals surface area (Å²) < 4.78 is 92.8. The number of pyridine rings is 1. The van der Waals surface area contributed by atoms with Gasteiger partial charge >= 0.3 is 18.0 Å². The molecular weight excluding hydrogens is 419 g/mol. The zero-order valence-electron chi connectivity index (χ0n) is 15.9. The lowest BCUT2D eigenvalue weighted by atomic mass is 9.89. The van der Waals surface area contributed by atoms with Gasteiger partial charge in [-0.25, -0.2) is 4.39 Å². The van der Waals surface area contributed by atoms with Crippen molar-refractivity contribution in [1.82, 2.24) is 4.98 Å². The molecule has 164 valence electrons. The fraction of sp³-hybridized carbons (Fsp3) is 0.368. The van der Waals surface area contributed by atoms with Gasteiger partial charge in [0.25, 0.3) is 5.91 Å². The van der Waals surface area contributed by atoms with Crippen LogP contribution in [0.3, 0.4) is 0 Å². The number of rotatable bonds is 5. The minimum absolute atomic E-state index is 0.000787. The maximum atomic E-state index is 14.4. The van der Waals surface area contributed by atoms with Crippen molar-refractivity contribution >= 4 is 11.6 Å². The maximum Gasteiger partial charge on any atom is 0.435 e. The van der Waals surface area contributed by atoms with Crippen LogP contribution < -0.4 is 11.1 Å². The fourth-order valence-corrected chi connectivity index (χ4v) is 2.87. The quantitative estimate of drug-likeness (QED) is 0.651. The van der Waals surface area contributed by atoms with Crippen LogP contribution >= 0.6 is 0 Å². The van der Waals surface area contributed by atoms with E-state index in [0.29, 0.717) is 17.8 Å². The van der Waals surface area contributed by atoms with Crippen LogP contribution in [-0.2, 0) is 18.6 Å². The van der Waals surface area contributed by atoms with E-state index in [2.05, 4.69) is 10.3 Å². The van der Waals surface area contributed by atoms with Gasteiger partial charge in [-0.1, -0.05) is 13.0 Å². The Morgan fingerprint density at radius 1 is 1.07 bits per heavy atom. The second-order valence-corrected chi connectivity index (χ2v) is 6.53. The first-order chi connectivity index (χ1) is 13.8. The fourth-order valence-electron chi connectivity index (χ4n) is 2.87. The second kappa shape index (κ2) is 8.21. The molecular formula is C19H18F7N3O. The molecule has 2 rings (SSSR count). The van der Waals surface area contributed by atoms with E-state index in [0.717, 1.165) is 0 Å². The monoisotopic (exact) mass is 437 g/mol. The number of nitrogens with one attached hydrogen (secondary N) is 1. The van der Waals surface area contributed by atoms with Gasteiger partial charge in [0.05, 0.1) is 11.3 Å². The lowest BCUT2D eigenvalue weighted by Crippen LogP contribution is -2.50. The van der Waals surface area contributed by atoms with Gasteiger partial charge < -0.3 is 11.1 Å². The molecule has 0 aliphatic carbocycles. The molecule has 0 aliphatic rings. The van der Waals surface area contributed by atoms with Crippen molar-refractivity contribution in [3.8, 4) is 0 Å².